The van der Waals surface area contributed by atoms with Crippen molar-refractivity contribution in [1.82, 2.24) is 4.72 Å². The van der Waals surface area contributed by atoms with Gasteiger partial charge in [0.15, 0.2) is 0 Å². The second kappa shape index (κ2) is 7.24. The first-order chi connectivity index (χ1) is 10.4. The van der Waals surface area contributed by atoms with E-state index >= 15 is 0 Å². The molecule has 1 N–H and O–H groups in total. The minimum absolute atomic E-state index is 0.0466. The molecule has 0 aliphatic carbocycles. The first kappa shape index (κ1) is 17.0. The molecule has 5 nitrogen and oxygen atoms in total. The van der Waals surface area contributed by atoms with Gasteiger partial charge >= 0.3 is 0 Å². The summed E-state index contributed by atoms with van der Waals surface area (Å²) in [6, 6.07) is 9.78. The Kier molecular flexibility index (Phi) is 5.58. The number of hydrogen-bond donors (Lipinski definition) is 1. The average Bonchev–Trinajstić information content (AvgIpc) is 2.92. The second-order valence-corrected chi connectivity index (χ2v) is 7.66. The molecular formula is C16H24N2O3S. The lowest BCUT2D eigenvalue weighted by Gasteiger charge is -2.22. The van der Waals surface area contributed by atoms with E-state index in [9.17, 15) is 8.42 Å². The lowest BCUT2D eigenvalue weighted by atomic mass is 10.00. The number of hydrogen-bond acceptors (Lipinski definition) is 4. The van der Waals surface area contributed by atoms with Crippen molar-refractivity contribution in [3.63, 3.8) is 0 Å². The molecule has 0 fully saturated rings. The molecule has 0 spiro atoms. The molecule has 0 radical (unpaired) electrons. The molecule has 1 aliphatic rings. The van der Waals surface area contributed by atoms with Crippen molar-refractivity contribution in [2.24, 2.45) is 10.9 Å². The van der Waals surface area contributed by atoms with Crippen LogP contribution in [0.3, 0.4) is 0 Å². The fourth-order valence-corrected chi connectivity index (χ4v) is 3.27. The number of sulfonamides is 1. The van der Waals surface area contributed by atoms with Gasteiger partial charge < -0.3 is 4.74 Å². The van der Waals surface area contributed by atoms with Crippen LogP contribution in [0, 0.1) is 5.92 Å². The van der Waals surface area contributed by atoms with Crippen LogP contribution < -0.4 is 4.72 Å². The summed E-state index contributed by atoms with van der Waals surface area (Å²) in [6.07, 6.45) is 2.81. The van der Waals surface area contributed by atoms with Crippen molar-refractivity contribution in [1.29, 1.82) is 0 Å². The number of nitrogens with one attached hydrogen (secondary N) is 1. The van der Waals surface area contributed by atoms with Gasteiger partial charge in [-0.25, -0.2) is 18.1 Å². The van der Waals surface area contributed by atoms with E-state index in [1.165, 1.54) is 11.8 Å². The summed E-state index contributed by atoms with van der Waals surface area (Å²) in [4.78, 5) is 4.60. The minimum atomic E-state index is -3.30. The Morgan fingerprint density at radius 2 is 2.05 bits per heavy atom. The van der Waals surface area contributed by atoms with Gasteiger partial charge in [-0.2, -0.15) is 0 Å². The summed E-state index contributed by atoms with van der Waals surface area (Å²) in [5.41, 5.74) is 1.21. The van der Waals surface area contributed by atoms with Crippen LogP contribution in [0.1, 0.15) is 25.8 Å². The molecule has 1 aromatic carbocycles. The van der Waals surface area contributed by atoms with Gasteiger partial charge in [0.25, 0.3) is 0 Å². The topological polar surface area (TPSA) is 67.8 Å². The smallest absolute Gasteiger partial charge is 0.209 e. The molecular weight excluding hydrogens is 300 g/mol. The van der Waals surface area contributed by atoms with Gasteiger partial charge in [0.05, 0.1) is 18.3 Å². The fourth-order valence-electron chi connectivity index (χ4n) is 2.47. The van der Waals surface area contributed by atoms with Gasteiger partial charge in [-0.15, -0.1) is 0 Å². The van der Waals surface area contributed by atoms with Crippen LogP contribution in [0.2, 0.25) is 0 Å². The van der Waals surface area contributed by atoms with Crippen molar-refractivity contribution < 1.29 is 13.2 Å². The van der Waals surface area contributed by atoms with Crippen LogP contribution in [-0.2, 0) is 21.2 Å². The number of benzene rings is 1. The first-order valence-electron chi connectivity index (χ1n) is 7.60. The van der Waals surface area contributed by atoms with E-state index in [0.717, 1.165) is 12.8 Å². The van der Waals surface area contributed by atoms with E-state index in [2.05, 4.69) is 21.8 Å². The summed E-state index contributed by atoms with van der Waals surface area (Å²) in [6.45, 7) is 4.53. The normalized spacial score (nSPS) is 21.0. The molecule has 6 heteroatoms. The standard InChI is InChI=1S/C16H24N2O3S/c1-4-12(2)15(18-22(3,19)20)16-17-14(11-21-16)10-13-8-6-5-7-9-13/h5-9,12,14-15,18H,4,10-11H2,1-3H3/t12?,14-,15?/m0/s1. The van der Waals surface area contributed by atoms with Gasteiger partial charge in [-0.3, -0.25) is 0 Å². The highest BCUT2D eigenvalue weighted by atomic mass is 32.2. The van der Waals surface area contributed by atoms with Crippen molar-refractivity contribution in [2.45, 2.75) is 38.8 Å². The van der Waals surface area contributed by atoms with E-state index in [-0.39, 0.29) is 18.0 Å². The Morgan fingerprint density at radius 3 is 2.64 bits per heavy atom. The zero-order chi connectivity index (χ0) is 16.2. The molecule has 1 heterocycles. The quantitative estimate of drug-likeness (QED) is 0.834. The molecule has 0 amide bonds. The molecule has 122 valence electrons. The molecule has 0 aromatic heterocycles. The van der Waals surface area contributed by atoms with Crippen LogP contribution in [0.4, 0.5) is 0 Å². The Balaban J connectivity index is 2.10. The van der Waals surface area contributed by atoms with Crippen LogP contribution in [-0.4, -0.2) is 39.3 Å². The molecule has 0 saturated heterocycles. The van der Waals surface area contributed by atoms with Crippen LogP contribution >= 0.6 is 0 Å². The number of nitrogens with zero attached hydrogens (tertiary/aromatic N) is 1. The largest absolute Gasteiger partial charge is 0.478 e. The lowest BCUT2D eigenvalue weighted by Crippen LogP contribution is -2.44. The first-order valence-corrected chi connectivity index (χ1v) is 9.50. The molecule has 0 bridgehead atoms. The second-order valence-electron chi connectivity index (χ2n) is 5.88. The third kappa shape index (κ3) is 4.81. The average molecular weight is 324 g/mol. The Bertz CT molecular complexity index is 614. The SMILES string of the molecule is CCC(C)C(NS(C)(=O)=O)C1=N[C@@H](Cc2ccccc2)CO1. The predicted molar refractivity (Wildman–Crippen MR) is 88.5 cm³/mol. The highest BCUT2D eigenvalue weighted by Crippen LogP contribution is 2.18. The molecule has 2 unspecified atom stereocenters. The maximum Gasteiger partial charge on any atom is 0.209 e. The molecule has 2 rings (SSSR count). The van der Waals surface area contributed by atoms with E-state index in [1.54, 1.807) is 0 Å². The fraction of sp³-hybridized carbons (Fsp3) is 0.562. The van der Waals surface area contributed by atoms with E-state index < -0.39 is 10.0 Å². The van der Waals surface area contributed by atoms with Gasteiger partial charge in [0.1, 0.15) is 6.61 Å². The monoisotopic (exact) mass is 324 g/mol. The zero-order valence-corrected chi connectivity index (χ0v) is 14.1. The molecule has 0 saturated carbocycles. The highest BCUT2D eigenvalue weighted by molar-refractivity contribution is 7.88. The van der Waals surface area contributed by atoms with Gasteiger partial charge in [-0.05, 0) is 17.9 Å². The van der Waals surface area contributed by atoms with E-state index in [0.29, 0.717) is 12.5 Å². The summed E-state index contributed by atoms with van der Waals surface area (Å²) in [5, 5.41) is 0. The van der Waals surface area contributed by atoms with Gasteiger partial charge in [-0.1, -0.05) is 50.6 Å². The number of rotatable bonds is 7. The molecule has 3 atom stereocenters. The van der Waals surface area contributed by atoms with Crippen LogP contribution in [0.15, 0.2) is 35.3 Å². The number of ether oxygens (including phenoxy) is 1. The van der Waals surface area contributed by atoms with Crippen LogP contribution in [0.25, 0.3) is 0 Å². The van der Waals surface area contributed by atoms with Crippen molar-refractivity contribution in [3.8, 4) is 0 Å². The predicted octanol–water partition coefficient (Wildman–Crippen LogP) is 1.99. The maximum atomic E-state index is 11.6. The van der Waals surface area contributed by atoms with Crippen molar-refractivity contribution in [3.05, 3.63) is 35.9 Å². The third-order valence-electron chi connectivity index (χ3n) is 3.87. The number of aliphatic imine (C=N–C) groups is 1. The zero-order valence-electron chi connectivity index (χ0n) is 13.3. The van der Waals surface area contributed by atoms with Crippen molar-refractivity contribution in [2.75, 3.05) is 12.9 Å². The molecule has 22 heavy (non-hydrogen) atoms. The highest BCUT2D eigenvalue weighted by Gasteiger charge is 2.31. The Hall–Kier alpha value is -1.40. The Morgan fingerprint density at radius 1 is 1.36 bits per heavy atom. The van der Waals surface area contributed by atoms with Crippen molar-refractivity contribution >= 4 is 15.9 Å². The van der Waals surface area contributed by atoms with Gasteiger partial charge in [0, 0.05) is 0 Å². The Labute approximate surface area is 132 Å². The summed E-state index contributed by atoms with van der Waals surface area (Å²) in [5.74, 6) is 0.643. The lowest BCUT2D eigenvalue weighted by molar-refractivity contribution is 0.291. The molecule has 1 aliphatic heterocycles. The summed E-state index contributed by atoms with van der Waals surface area (Å²) in [7, 11) is -3.30. The summed E-state index contributed by atoms with van der Waals surface area (Å²) < 4.78 is 31.5. The van der Waals surface area contributed by atoms with Crippen LogP contribution in [0.5, 0.6) is 0 Å². The maximum absolute atomic E-state index is 11.6. The molecule has 1 aromatic rings. The van der Waals surface area contributed by atoms with E-state index in [4.69, 9.17) is 4.74 Å². The summed E-state index contributed by atoms with van der Waals surface area (Å²) >= 11 is 0. The third-order valence-corrected chi connectivity index (χ3v) is 4.55. The minimum Gasteiger partial charge on any atom is -0.478 e. The van der Waals surface area contributed by atoms with Gasteiger partial charge in [0.2, 0.25) is 15.9 Å². The van der Waals surface area contributed by atoms with E-state index in [1.807, 2.05) is 32.0 Å².